The van der Waals surface area contributed by atoms with Crippen molar-refractivity contribution in [1.29, 1.82) is 0 Å². The Bertz CT molecular complexity index is 500. The summed E-state index contributed by atoms with van der Waals surface area (Å²) in [5.41, 5.74) is 0.360. The number of aliphatic hydroxyl groups excluding tert-OH is 1. The third kappa shape index (κ3) is 2.73. The van der Waals surface area contributed by atoms with Gasteiger partial charge in [-0.25, -0.2) is 13.1 Å². The van der Waals surface area contributed by atoms with Gasteiger partial charge in [0.1, 0.15) is 10.6 Å². The van der Waals surface area contributed by atoms with Crippen LogP contribution in [0.4, 0.5) is 0 Å². The Morgan fingerprint density at radius 1 is 1.50 bits per heavy atom. The Hall–Kier alpha value is -0.920. The number of rotatable bonds is 6. The maximum Gasteiger partial charge on any atom is 0.246 e. The van der Waals surface area contributed by atoms with E-state index in [1.807, 2.05) is 0 Å². The first-order valence-corrected chi connectivity index (χ1v) is 7.50. The molecule has 0 aromatic carbocycles. The molecule has 0 radical (unpaired) electrons. The van der Waals surface area contributed by atoms with E-state index in [2.05, 4.69) is 9.88 Å². The summed E-state index contributed by atoms with van der Waals surface area (Å²) < 4.78 is 32.1. The number of hydrogen-bond donors (Lipinski definition) is 2. The first-order chi connectivity index (χ1) is 8.45. The summed E-state index contributed by atoms with van der Waals surface area (Å²) >= 11 is 0. The lowest BCUT2D eigenvalue weighted by Gasteiger charge is -2.16. The van der Waals surface area contributed by atoms with Crippen molar-refractivity contribution in [1.82, 2.24) is 9.88 Å². The first-order valence-electron chi connectivity index (χ1n) is 6.01. The number of hydrogen-bond acceptors (Lipinski definition) is 5. The van der Waals surface area contributed by atoms with Crippen LogP contribution in [0, 0.1) is 19.8 Å². The molecule has 1 aliphatic carbocycles. The van der Waals surface area contributed by atoms with E-state index < -0.39 is 10.0 Å². The number of nitrogens with zero attached hydrogens (tertiary/aromatic N) is 1. The minimum absolute atomic E-state index is 0.0225. The Kier molecular flexibility index (Phi) is 3.74. The van der Waals surface area contributed by atoms with Gasteiger partial charge >= 0.3 is 0 Å². The molecule has 2 rings (SSSR count). The summed E-state index contributed by atoms with van der Waals surface area (Å²) in [6.07, 6.45) is 2.46. The molecule has 6 nitrogen and oxygen atoms in total. The summed E-state index contributed by atoms with van der Waals surface area (Å²) in [5, 5.41) is 12.6. The van der Waals surface area contributed by atoms with Crippen LogP contribution in [0.25, 0.3) is 0 Å². The summed E-state index contributed by atoms with van der Waals surface area (Å²) in [6, 6.07) is -0.200. The van der Waals surface area contributed by atoms with Crippen LogP contribution in [0.15, 0.2) is 9.42 Å². The normalized spacial score (nSPS) is 17.9. The first kappa shape index (κ1) is 13.5. The second-order valence-electron chi connectivity index (χ2n) is 4.73. The molecule has 2 N–H and O–H groups in total. The number of sulfonamides is 1. The molecule has 1 aliphatic rings. The Labute approximate surface area is 106 Å². The van der Waals surface area contributed by atoms with Gasteiger partial charge in [-0.2, -0.15) is 0 Å². The summed E-state index contributed by atoms with van der Waals surface area (Å²) in [4.78, 5) is 0.117. The number of aliphatic hydroxyl groups is 1. The standard InChI is InChI=1S/C11H18N2O4S/c1-7-11(8(2)17-12-7)18(15,16)13-10(5-6-14)9-3-4-9/h9-10,13-14H,3-6H2,1-2H3. The number of aryl methyl sites for hydroxylation is 2. The van der Waals surface area contributed by atoms with Gasteiger partial charge in [0, 0.05) is 12.6 Å². The molecular weight excluding hydrogens is 256 g/mol. The molecule has 1 unspecified atom stereocenters. The Morgan fingerprint density at radius 2 is 2.17 bits per heavy atom. The molecule has 1 aromatic heterocycles. The zero-order valence-electron chi connectivity index (χ0n) is 10.5. The summed E-state index contributed by atoms with van der Waals surface area (Å²) in [6.45, 7) is 3.15. The van der Waals surface area contributed by atoms with Crippen molar-refractivity contribution < 1.29 is 18.0 Å². The fourth-order valence-corrected chi connectivity index (χ4v) is 3.81. The van der Waals surface area contributed by atoms with Gasteiger partial charge in [-0.3, -0.25) is 0 Å². The molecule has 1 heterocycles. The van der Waals surface area contributed by atoms with Crippen molar-refractivity contribution in [2.45, 2.75) is 44.0 Å². The Morgan fingerprint density at radius 3 is 2.61 bits per heavy atom. The zero-order valence-corrected chi connectivity index (χ0v) is 11.3. The van der Waals surface area contributed by atoms with E-state index >= 15 is 0 Å². The van der Waals surface area contributed by atoms with E-state index in [1.165, 1.54) is 0 Å². The van der Waals surface area contributed by atoms with Crippen molar-refractivity contribution in [3.8, 4) is 0 Å². The quantitative estimate of drug-likeness (QED) is 0.798. The largest absolute Gasteiger partial charge is 0.396 e. The minimum atomic E-state index is -3.62. The van der Waals surface area contributed by atoms with Crippen LogP contribution in [0.2, 0.25) is 0 Å². The van der Waals surface area contributed by atoms with E-state index in [4.69, 9.17) is 9.63 Å². The van der Waals surface area contributed by atoms with Gasteiger partial charge in [-0.15, -0.1) is 0 Å². The second-order valence-corrected chi connectivity index (χ2v) is 6.38. The van der Waals surface area contributed by atoms with Crippen LogP contribution in [-0.2, 0) is 10.0 Å². The van der Waals surface area contributed by atoms with Crippen molar-refractivity contribution in [3.05, 3.63) is 11.5 Å². The smallest absolute Gasteiger partial charge is 0.246 e. The molecule has 0 bridgehead atoms. The maximum absolute atomic E-state index is 12.3. The van der Waals surface area contributed by atoms with Crippen LogP contribution in [0.5, 0.6) is 0 Å². The van der Waals surface area contributed by atoms with Crippen LogP contribution >= 0.6 is 0 Å². The molecule has 7 heteroatoms. The van der Waals surface area contributed by atoms with Crippen molar-refractivity contribution in [2.24, 2.45) is 5.92 Å². The molecule has 0 saturated heterocycles. The minimum Gasteiger partial charge on any atom is -0.396 e. The van der Waals surface area contributed by atoms with Crippen LogP contribution in [0.3, 0.4) is 0 Å². The maximum atomic E-state index is 12.3. The predicted octanol–water partition coefficient (Wildman–Crippen LogP) is 0.731. The van der Waals surface area contributed by atoms with E-state index in [-0.39, 0.29) is 17.5 Å². The molecule has 1 saturated carbocycles. The van der Waals surface area contributed by atoms with E-state index in [0.717, 1.165) is 12.8 Å². The molecule has 1 aromatic rings. The Balaban J connectivity index is 2.20. The SMILES string of the molecule is Cc1noc(C)c1S(=O)(=O)NC(CCO)C1CC1. The van der Waals surface area contributed by atoms with Gasteiger partial charge in [0.2, 0.25) is 10.0 Å². The van der Waals surface area contributed by atoms with E-state index in [9.17, 15) is 8.42 Å². The van der Waals surface area contributed by atoms with Gasteiger partial charge in [0.25, 0.3) is 0 Å². The van der Waals surface area contributed by atoms with Gasteiger partial charge < -0.3 is 9.63 Å². The topological polar surface area (TPSA) is 92.4 Å². The fourth-order valence-electron chi connectivity index (χ4n) is 2.15. The predicted molar refractivity (Wildman–Crippen MR) is 64.5 cm³/mol. The van der Waals surface area contributed by atoms with Crippen LogP contribution < -0.4 is 4.72 Å². The number of aromatic nitrogens is 1. The van der Waals surface area contributed by atoms with Gasteiger partial charge in [0.05, 0.1) is 0 Å². The lowest BCUT2D eigenvalue weighted by Crippen LogP contribution is -2.37. The molecule has 18 heavy (non-hydrogen) atoms. The van der Waals surface area contributed by atoms with Crippen LogP contribution in [-0.4, -0.2) is 31.3 Å². The fraction of sp³-hybridized carbons (Fsp3) is 0.727. The average molecular weight is 274 g/mol. The summed E-state index contributed by atoms with van der Waals surface area (Å²) in [5.74, 6) is 0.631. The number of nitrogens with one attached hydrogen (secondary N) is 1. The lowest BCUT2D eigenvalue weighted by atomic mass is 10.1. The lowest BCUT2D eigenvalue weighted by molar-refractivity contribution is 0.265. The molecule has 0 aliphatic heterocycles. The van der Waals surface area contributed by atoms with Gasteiger partial charge in [0.15, 0.2) is 5.76 Å². The second kappa shape index (κ2) is 4.99. The molecule has 102 valence electrons. The molecule has 1 atom stereocenters. The monoisotopic (exact) mass is 274 g/mol. The van der Waals surface area contributed by atoms with Crippen LogP contribution in [0.1, 0.15) is 30.7 Å². The highest BCUT2D eigenvalue weighted by atomic mass is 32.2. The third-order valence-electron chi connectivity index (χ3n) is 3.17. The van der Waals surface area contributed by atoms with Gasteiger partial charge in [-0.05, 0) is 39.0 Å². The van der Waals surface area contributed by atoms with E-state index in [1.54, 1.807) is 13.8 Å². The molecule has 0 spiro atoms. The zero-order chi connectivity index (χ0) is 13.3. The van der Waals surface area contributed by atoms with E-state index in [0.29, 0.717) is 23.8 Å². The van der Waals surface area contributed by atoms with Crippen molar-refractivity contribution >= 4 is 10.0 Å². The van der Waals surface area contributed by atoms with Crippen molar-refractivity contribution in [3.63, 3.8) is 0 Å². The molecule has 1 fully saturated rings. The molecular formula is C11H18N2O4S. The highest BCUT2D eigenvalue weighted by molar-refractivity contribution is 7.89. The average Bonchev–Trinajstić information content (AvgIpc) is 3.04. The highest BCUT2D eigenvalue weighted by Crippen LogP contribution is 2.35. The van der Waals surface area contributed by atoms with Crippen molar-refractivity contribution in [2.75, 3.05) is 6.61 Å². The highest BCUT2D eigenvalue weighted by Gasteiger charge is 2.35. The third-order valence-corrected chi connectivity index (χ3v) is 4.91. The summed E-state index contributed by atoms with van der Waals surface area (Å²) in [7, 11) is -3.62. The van der Waals surface area contributed by atoms with Gasteiger partial charge in [-0.1, -0.05) is 5.16 Å². The molecule has 0 amide bonds.